The SMILES string of the molecule is CCC(=O)N(C)CCN(CC)CC. The molecule has 3 nitrogen and oxygen atoms in total. The molecule has 0 heterocycles. The van der Waals surface area contributed by atoms with Gasteiger partial charge in [0.25, 0.3) is 0 Å². The molecule has 0 radical (unpaired) electrons. The Bertz CT molecular complexity index is 144. The molecule has 0 aliphatic carbocycles. The summed E-state index contributed by atoms with van der Waals surface area (Å²) in [7, 11) is 1.87. The van der Waals surface area contributed by atoms with Crippen molar-refractivity contribution in [1.29, 1.82) is 0 Å². The molecule has 0 fully saturated rings. The van der Waals surface area contributed by atoms with Gasteiger partial charge in [0.15, 0.2) is 0 Å². The van der Waals surface area contributed by atoms with E-state index in [0.717, 1.165) is 26.2 Å². The molecule has 78 valence electrons. The van der Waals surface area contributed by atoms with E-state index in [1.807, 2.05) is 14.0 Å². The molecule has 0 atom stereocenters. The molecule has 3 heteroatoms. The highest BCUT2D eigenvalue weighted by Crippen LogP contribution is 1.92. The number of carbonyl (C=O) groups is 1. The van der Waals surface area contributed by atoms with Crippen molar-refractivity contribution < 1.29 is 4.79 Å². The zero-order valence-corrected chi connectivity index (χ0v) is 9.34. The monoisotopic (exact) mass is 186 g/mol. The van der Waals surface area contributed by atoms with Gasteiger partial charge in [0.1, 0.15) is 0 Å². The topological polar surface area (TPSA) is 23.6 Å². The highest BCUT2D eigenvalue weighted by molar-refractivity contribution is 5.75. The lowest BCUT2D eigenvalue weighted by Gasteiger charge is -2.22. The van der Waals surface area contributed by atoms with Gasteiger partial charge in [-0.1, -0.05) is 20.8 Å². The first-order valence-electron chi connectivity index (χ1n) is 5.11. The van der Waals surface area contributed by atoms with Crippen molar-refractivity contribution in [3.8, 4) is 0 Å². The Morgan fingerprint density at radius 1 is 1.08 bits per heavy atom. The summed E-state index contributed by atoms with van der Waals surface area (Å²) >= 11 is 0. The lowest BCUT2D eigenvalue weighted by molar-refractivity contribution is -0.129. The third-order valence-corrected chi connectivity index (χ3v) is 2.37. The fourth-order valence-corrected chi connectivity index (χ4v) is 1.23. The highest BCUT2D eigenvalue weighted by Gasteiger charge is 2.06. The molecule has 0 spiro atoms. The number of likely N-dealkylation sites (N-methyl/N-ethyl adjacent to an activating group) is 2. The van der Waals surface area contributed by atoms with E-state index in [1.165, 1.54) is 0 Å². The first-order valence-corrected chi connectivity index (χ1v) is 5.11. The summed E-state index contributed by atoms with van der Waals surface area (Å²) in [5.74, 6) is 0.229. The van der Waals surface area contributed by atoms with Crippen LogP contribution in [0.25, 0.3) is 0 Å². The van der Waals surface area contributed by atoms with Crippen LogP contribution in [-0.2, 0) is 4.79 Å². The predicted molar refractivity (Wildman–Crippen MR) is 55.7 cm³/mol. The van der Waals surface area contributed by atoms with Crippen LogP contribution in [0, 0.1) is 0 Å². The van der Waals surface area contributed by atoms with Gasteiger partial charge in [0.05, 0.1) is 0 Å². The molecule has 0 aromatic carbocycles. The molecule has 0 bridgehead atoms. The average Bonchev–Trinajstić information content (AvgIpc) is 2.17. The van der Waals surface area contributed by atoms with Crippen LogP contribution in [-0.4, -0.2) is 48.9 Å². The van der Waals surface area contributed by atoms with Crippen molar-refractivity contribution in [3.63, 3.8) is 0 Å². The maximum Gasteiger partial charge on any atom is 0.222 e. The summed E-state index contributed by atoms with van der Waals surface area (Å²) in [6.07, 6.45) is 0.606. The summed E-state index contributed by atoms with van der Waals surface area (Å²) in [6, 6.07) is 0. The molecule has 0 aliphatic rings. The van der Waals surface area contributed by atoms with Gasteiger partial charge in [0, 0.05) is 26.6 Å². The smallest absolute Gasteiger partial charge is 0.222 e. The van der Waals surface area contributed by atoms with E-state index in [4.69, 9.17) is 0 Å². The van der Waals surface area contributed by atoms with Gasteiger partial charge in [-0.2, -0.15) is 0 Å². The van der Waals surface area contributed by atoms with Crippen molar-refractivity contribution in [2.45, 2.75) is 27.2 Å². The average molecular weight is 186 g/mol. The first kappa shape index (κ1) is 12.4. The molecule has 0 rings (SSSR count). The van der Waals surface area contributed by atoms with Crippen molar-refractivity contribution in [2.75, 3.05) is 33.2 Å². The van der Waals surface area contributed by atoms with E-state index >= 15 is 0 Å². The van der Waals surface area contributed by atoms with E-state index in [-0.39, 0.29) is 5.91 Å². The van der Waals surface area contributed by atoms with Crippen LogP contribution in [0.1, 0.15) is 27.2 Å². The lowest BCUT2D eigenvalue weighted by atomic mass is 10.4. The zero-order valence-electron chi connectivity index (χ0n) is 9.34. The van der Waals surface area contributed by atoms with E-state index in [1.54, 1.807) is 4.90 Å². The molecule has 13 heavy (non-hydrogen) atoms. The Kier molecular flexibility index (Phi) is 6.59. The minimum atomic E-state index is 0.229. The van der Waals surface area contributed by atoms with Gasteiger partial charge in [-0.25, -0.2) is 0 Å². The second-order valence-corrected chi connectivity index (χ2v) is 3.20. The summed E-state index contributed by atoms with van der Waals surface area (Å²) in [5.41, 5.74) is 0. The van der Waals surface area contributed by atoms with Gasteiger partial charge in [0.2, 0.25) is 5.91 Å². The fourth-order valence-electron chi connectivity index (χ4n) is 1.23. The first-order chi connectivity index (χ1) is 6.15. The van der Waals surface area contributed by atoms with Gasteiger partial charge >= 0.3 is 0 Å². The molecule has 0 unspecified atom stereocenters. The normalized spacial score (nSPS) is 10.5. The van der Waals surface area contributed by atoms with Gasteiger partial charge in [-0.15, -0.1) is 0 Å². The molecular formula is C10H22N2O. The number of nitrogens with zero attached hydrogens (tertiary/aromatic N) is 2. The third-order valence-electron chi connectivity index (χ3n) is 2.37. The number of carbonyl (C=O) groups excluding carboxylic acids is 1. The van der Waals surface area contributed by atoms with Crippen molar-refractivity contribution in [2.24, 2.45) is 0 Å². The second-order valence-electron chi connectivity index (χ2n) is 3.20. The maximum absolute atomic E-state index is 11.2. The minimum Gasteiger partial charge on any atom is -0.344 e. The summed E-state index contributed by atoms with van der Waals surface area (Å²) < 4.78 is 0. The van der Waals surface area contributed by atoms with E-state index in [0.29, 0.717) is 6.42 Å². The zero-order chi connectivity index (χ0) is 10.3. The molecule has 0 saturated heterocycles. The Labute approximate surface area is 81.7 Å². The Hall–Kier alpha value is -0.570. The van der Waals surface area contributed by atoms with Gasteiger partial charge in [-0.3, -0.25) is 4.79 Å². The Morgan fingerprint density at radius 3 is 2.00 bits per heavy atom. The Morgan fingerprint density at radius 2 is 1.62 bits per heavy atom. The number of rotatable bonds is 6. The largest absolute Gasteiger partial charge is 0.344 e. The molecule has 0 aromatic heterocycles. The molecule has 1 amide bonds. The Balaban J connectivity index is 3.67. The maximum atomic E-state index is 11.2. The highest BCUT2D eigenvalue weighted by atomic mass is 16.2. The van der Waals surface area contributed by atoms with E-state index in [2.05, 4.69) is 18.7 Å². The van der Waals surface area contributed by atoms with E-state index in [9.17, 15) is 4.79 Å². The van der Waals surface area contributed by atoms with Crippen LogP contribution >= 0.6 is 0 Å². The van der Waals surface area contributed by atoms with Gasteiger partial charge in [-0.05, 0) is 13.1 Å². The minimum absolute atomic E-state index is 0.229. The van der Waals surface area contributed by atoms with E-state index < -0.39 is 0 Å². The van der Waals surface area contributed by atoms with Crippen LogP contribution in [0.4, 0.5) is 0 Å². The third kappa shape index (κ3) is 4.88. The predicted octanol–water partition coefficient (Wildman–Crippen LogP) is 1.20. The van der Waals surface area contributed by atoms with Crippen LogP contribution < -0.4 is 0 Å². The number of amides is 1. The molecule has 0 aromatic rings. The second kappa shape index (κ2) is 6.89. The standard InChI is InChI=1S/C10H22N2O/c1-5-10(13)11(4)8-9-12(6-2)7-3/h5-9H2,1-4H3. The summed E-state index contributed by atoms with van der Waals surface area (Å²) in [5, 5.41) is 0. The van der Waals surface area contributed by atoms with Gasteiger partial charge < -0.3 is 9.80 Å². The van der Waals surface area contributed by atoms with Crippen molar-refractivity contribution in [3.05, 3.63) is 0 Å². The number of hydrogen-bond donors (Lipinski definition) is 0. The molecule has 0 saturated carbocycles. The quantitative estimate of drug-likeness (QED) is 0.622. The fraction of sp³-hybridized carbons (Fsp3) is 0.900. The van der Waals surface area contributed by atoms with Crippen LogP contribution in [0.5, 0.6) is 0 Å². The van der Waals surface area contributed by atoms with Crippen molar-refractivity contribution in [1.82, 2.24) is 9.80 Å². The summed E-state index contributed by atoms with van der Waals surface area (Å²) in [4.78, 5) is 15.3. The van der Waals surface area contributed by atoms with Crippen LogP contribution in [0.3, 0.4) is 0 Å². The molecular weight excluding hydrogens is 164 g/mol. The van der Waals surface area contributed by atoms with Crippen LogP contribution in [0.15, 0.2) is 0 Å². The van der Waals surface area contributed by atoms with Crippen LogP contribution in [0.2, 0.25) is 0 Å². The lowest BCUT2D eigenvalue weighted by Crippen LogP contribution is -2.35. The molecule has 0 aliphatic heterocycles. The van der Waals surface area contributed by atoms with Crippen molar-refractivity contribution >= 4 is 5.91 Å². The molecule has 0 N–H and O–H groups in total. The summed E-state index contributed by atoms with van der Waals surface area (Å²) in [6.45, 7) is 10.1. The number of hydrogen-bond acceptors (Lipinski definition) is 2.